The summed E-state index contributed by atoms with van der Waals surface area (Å²) >= 11 is 5.71. The van der Waals surface area contributed by atoms with E-state index in [4.69, 9.17) is 17.0 Å². The summed E-state index contributed by atoms with van der Waals surface area (Å²) in [6.45, 7) is 4.20. The predicted octanol–water partition coefficient (Wildman–Crippen LogP) is 4.93. The second kappa shape index (κ2) is 10.4. The molecule has 6 heteroatoms. The highest BCUT2D eigenvalue weighted by Gasteiger charge is 2.21. The van der Waals surface area contributed by atoms with Crippen LogP contribution in [0.3, 0.4) is 0 Å². The van der Waals surface area contributed by atoms with E-state index in [9.17, 15) is 15.2 Å². The Morgan fingerprint density at radius 1 is 1.25 bits per heavy atom. The zero-order valence-corrected chi connectivity index (χ0v) is 18.4. The normalized spacial score (nSPS) is 13.8. The molecule has 1 aliphatic rings. The Balaban J connectivity index is 1.87. The van der Waals surface area contributed by atoms with Crippen LogP contribution in [-0.4, -0.2) is 23.0 Å². The van der Waals surface area contributed by atoms with Gasteiger partial charge in [0.1, 0.15) is 11.6 Å². The minimum absolute atomic E-state index is 0.00841. The van der Waals surface area contributed by atoms with Crippen LogP contribution in [0.15, 0.2) is 95.5 Å². The van der Waals surface area contributed by atoms with E-state index in [0.717, 1.165) is 11.1 Å². The number of methoxy groups -OCH3 is 1. The summed E-state index contributed by atoms with van der Waals surface area (Å²) in [6.07, 6.45) is 3.59. The van der Waals surface area contributed by atoms with Crippen LogP contribution < -0.4 is 5.32 Å². The third-order valence-electron chi connectivity index (χ3n) is 4.96. The lowest BCUT2D eigenvalue weighted by Gasteiger charge is -2.19. The van der Waals surface area contributed by atoms with Gasteiger partial charge in [-0.05, 0) is 34.4 Å². The summed E-state index contributed by atoms with van der Waals surface area (Å²) in [4.78, 5) is 13.1. The van der Waals surface area contributed by atoms with E-state index in [2.05, 4.69) is 11.9 Å². The predicted molar refractivity (Wildman–Crippen MR) is 129 cm³/mol. The first-order chi connectivity index (χ1) is 15.4. The van der Waals surface area contributed by atoms with Gasteiger partial charge in [0.05, 0.1) is 7.11 Å². The molecule has 1 aliphatic carbocycles. The van der Waals surface area contributed by atoms with Gasteiger partial charge in [-0.25, -0.2) is 0 Å². The lowest BCUT2D eigenvalue weighted by molar-refractivity contribution is -0.117. The molecule has 0 unspecified atom stereocenters. The summed E-state index contributed by atoms with van der Waals surface area (Å²) < 4.78 is 5.22. The Hall–Kier alpha value is -3.95. The molecule has 0 saturated heterocycles. The molecule has 0 aliphatic heterocycles. The smallest absolute Gasteiger partial charge is 0.262 e. The summed E-state index contributed by atoms with van der Waals surface area (Å²) in [5, 5.41) is 22.4. The molecule has 0 saturated carbocycles. The number of amides is 1. The number of rotatable bonds is 7. The summed E-state index contributed by atoms with van der Waals surface area (Å²) in [7, 11) is 1.46. The molecule has 5 nitrogen and oxygen atoms in total. The summed E-state index contributed by atoms with van der Waals surface area (Å²) in [6, 6.07) is 18.7. The van der Waals surface area contributed by atoms with Crippen LogP contribution >= 0.6 is 12.2 Å². The lowest BCUT2D eigenvalue weighted by Crippen LogP contribution is -2.24. The number of hydrogen-bond acceptors (Lipinski definition) is 5. The van der Waals surface area contributed by atoms with Crippen molar-refractivity contribution in [3.05, 3.63) is 112 Å². The quantitative estimate of drug-likeness (QED) is 0.275. The minimum atomic E-state index is -0.461. The number of ether oxygens (including phenoxy) is 1. The maximum Gasteiger partial charge on any atom is 0.262 e. The number of aliphatic hydroxyl groups excluding tert-OH is 1. The van der Waals surface area contributed by atoms with Crippen LogP contribution in [-0.2, 0) is 16.1 Å². The Bertz CT molecular complexity index is 1200. The minimum Gasteiger partial charge on any atom is -0.504 e. The van der Waals surface area contributed by atoms with Crippen LogP contribution in [0.5, 0.6) is 0 Å². The topological polar surface area (TPSA) is 82.4 Å². The van der Waals surface area contributed by atoms with Crippen molar-refractivity contribution in [2.24, 2.45) is 0 Å². The average molecular weight is 443 g/mol. The monoisotopic (exact) mass is 442 g/mol. The van der Waals surface area contributed by atoms with E-state index >= 15 is 0 Å². The molecular formula is C26H22N2O3S. The number of nitrogens with one attached hydrogen (secondary N) is 1. The van der Waals surface area contributed by atoms with Crippen LogP contribution in [0, 0.1) is 11.3 Å². The lowest BCUT2D eigenvalue weighted by atomic mass is 9.90. The Labute approximate surface area is 192 Å². The van der Waals surface area contributed by atoms with Crippen molar-refractivity contribution in [2.75, 3.05) is 7.11 Å². The van der Waals surface area contributed by atoms with Gasteiger partial charge in [0.15, 0.2) is 11.5 Å². The number of carbonyl (C=O) groups excluding carboxylic acids is 1. The zero-order chi connectivity index (χ0) is 23.1. The summed E-state index contributed by atoms with van der Waals surface area (Å²) in [5.74, 6) is -0.157. The highest BCUT2D eigenvalue weighted by atomic mass is 32.1. The van der Waals surface area contributed by atoms with E-state index in [1.54, 1.807) is 12.1 Å². The third-order valence-corrected chi connectivity index (χ3v) is 5.44. The Morgan fingerprint density at radius 2 is 1.94 bits per heavy atom. The maximum absolute atomic E-state index is 12.6. The average Bonchev–Trinajstić information content (AvgIpc) is 2.83. The van der Waals surface area contributed by atoms with Crippen LogP contribution in [0.4, 0.5) is 0 Å². The molecule has 0 atom stereocenters. The van der Waals surface area contributed by atoms with E-state index < -0.39 is 5.91 Å². The van der Waals surface area contributed by atoms with Gasteiger partial charge in [-0.2, -0.15) is 5.26 Å². The van der Waals surface area contributed by atoms with Crippen molar-refractivity contribution >= 4 is 29.1 Å². The van der Waals surface area contributed by atoms with Gasteiger partial charge >= 0.3 is 0 Å². The van der Waals surface area contributed by atoms with Crippen molar-refractivity contribution in [2.45, 2.75) is 13.0 Å². The number of hydrogen-bond donors (Lipinski definition) is 2. The Kier molecular flexibility index (Phi) is 7.37. The fraction of sp³-hybridized carbons (Fsp3) is 0.115. The van der Waals surface area contributed by atoms with Crippen LogP contribution in [0.25, 0.3) is 6.08 Å². The third kappa shape index (κ3) is 5.20. The number of allylic oxidation sites excluding steroid dienone is 3. The molecule has 0 bridgehead atoms. The first-order valence-electron chi connectivity index (χ1n) is 9.88. The largest absolute Gasteiger partial charge is 0.504 e. The number of nitrogens with zero attached hydrogens (tertiary/aromatic N) is 1. The van der Waals surface area contributed by atoms with Crippen molar-refractivity contribution in [3.63, 3.8) is 0 Å². The first kappa shape index (κ1) is 22.7. The van der Waals surface area contributed by atoms with Crippen molar-refractivity contribution in [1.82, 2.24) is 5.32 Å². The second-order valence-corrected chi connectivity index (χ2v) is 7.53. The molecule has 1 amide bonds. The molecule has 2 aromatic carbocycles. The van der Waals surface area contributed by atoms with E-state index in [-0.39, 0.29) is 11.3 Å². The molecule has 2 aromatic rings. The number of aliphatic hydroxyl groups is 1. The fourth-order valence-corrected chi connectivity index (χ4v) is 3.56. The van der Waals surface area contributed by atoms with Gasteiger partial charge < -0.3 is 15.2 Å². The SMILES string of the molecule is C=C1CC(C(=S)c2ccccc2C=C(C#N)C(=O)NCc2ccccc2)=CC(OC)=C1O. The van der Waals surface area contributed by atoms with E-state index in [1.165, 1.54) is 13.2 Å². The molecule has 0 radical (unpaired) electrons. The van der Waals surface area contributed by atoms with Crippen LogP contribution in [0.2, 0.25) is 0 Å². The fourth-order valence-electron chi connectivity index (χ4n) is 3.25. The van der Waals surface area contributed by atoms with Gasteiger partial charge in [0, 0.05) is 23.4 Å². The van der Waals surface area contributed by atoms with Gasteiger partial charge in [-0.1, -0.05) is 73.4 Å². The van der Waals surface area contributed by atoms with Crippen molar-refractivity contribution < 1.29 is 14.6 Å². The highest BCUT2D eigenvalue weighted by Crippen LogP contribution is 2.30. The van der Waals surface area contributed by atoms with Gasteiger partial charge in [-0.15, -0.1) is 0 Å². The molecule has 160 valence electrons. The molecular weight excluding hydrogens is 420 g/mol. The first-order valence-corrected chi connectivity index (χ1v) is 10.3. The molecule has 0 spiro atoms. The maximum atomic E-state index is 12.6. The zero-order valence-electron chi connectivity index (χ0n) is 17.6. The molecule has 2 N–H and O–H groups in total. The molecule has 0 aromatic heterocycles. The van der Waals surface area contributed by atoms with Gasteiger partial charge in [0.2, 0.25) is 0 Å². The number of thiocarbonyl (C=S) groups is 1. The van der Waals surface area contributed by atoms with E-state index in [1.807, 2.05) is 54.6 Å². The van der Waals surface area contributed by atoms with Crippen molar-refractivity contribution in [3.8, 4) is 6.07 Å². The van der Waals surface area contributed by atoms with Crippen molar-refractivity contribution in [1.29, 1.82) is 5.26 Å². The number of nitriles is 1. The molecule has 3 rings (SSSR count). The molecule has 0 heterocycles. The number of benzene rings is 2. The summed E-state index contributed by atoms with van der Waals surface area (Å²) in [5.41, 5.74) is 3.53. The second-order valence-electron chi connectivity index (χ2n) is 7.12. The standard InChI is InChI=1S/C26H22N2O3S/c1-17-12-20(14-23(31-2)24(17)29)25(32)22-11-7-6-10-19(22)13-21(15-27)26(30)28-16-18-8-4-3-5-9-18/h3-11,13-14,29H,1,12,16H2,2H3,(H,28,30). The molecule has 32 heavy (non-hydrogen) atoms. The van der Waals surface area contributed by atoms with Crippen LogP contribution in [0.1, 0.15) is 23.1 Å². The van der Waals surface area contributed by atoms with E-state index in [0.29, 0.717) is 40.3 Å². The van der Waals surface area contributed by atoms with Gasteiger partial charge in [0.25, 0.3) is 5.91 Å². The number of carbonyl (C=O) groups is 1. The molecule has 0 fully saturated rings. The van der Waals surface area contributed by atoms with Gasteiger partial charge in [-0.3, -0.25) is 4.79 Å². The highest BCUT2D eigenvalue weighted by molar-refractivity contribution is 7.81. The Morgan fingerprint density at radius 3 is 2.62 bits per heavy atom.